The minimum atomic E-state index is -0.353. The number of fused-ring (bicyclic) bond motifs is 1. The summed E-state index contributed by atoms with van der Waals surface area (Å²) in [6, 6.07) is 10.5. The Morgan fingerprint density at radius 2 is 2.03 bits per heavy atom. The van der Waals surface area contributed by atoms with E-state index < -0.39 is 0 Å². The molecule has 4 aromatic rings. The number of benzene rings is 1. The molecule has 0 atom stereocenters. The van der Waals surface area contributed by atoms with Crippen LogP contribution in [0.1, 0.15) is 17.4 Å². The molecule has 32 heavy (non-hydrogen) atoms. The van der Waals surface area contributed by atoms with E-state index in [1.165, 1.54) is 12.1 Å². The average Bonchev–Trinajstić information content (AvgIpc) is 3.34. The molecule has 9 nitrogen and oxygen atoms in total. The maximum Gasteiger partial charge on any atom is 0.232 e. The van der Waals surface area contributed by atoms with Crippen LogP contribution in [-0.2, 0) is 11.3 Å². The van der Waals surface area contributed by atoms with E-state index in [0.717, 1.165) is 11.2 Å². The molecule has 0 N–H and O–H groups in total. The predicted molar refractivity (Wildman–Crippen MR) is 114 cm³/mol. The summed E-state index contributed by atoms with van der Waals surface area (Å²) in [6.45, 7) is 1.64. The number of nitrogens with zero attached hydrogens (tertiary/aromatic N) is 7. The molecule has 1 fully saturated rings. The molecule has 0 saturated carbocycles. The van der Waals surface area contributed by atoms with Crippen LogP contribution >= 0.6 is 0 Å². The molecule has 1 aliphatic heterocycles. The lowest BCUT2D eigenvalue weighted by Gasteiger charge is -2.40. The minimum absolute atomic E-state index is 0.120. The minimum Gasteiger partial charge on any atom is -0.481 e. The molecule has 0 spiro atoms. The number of hydrogen-bond acceptors (Lipinski definition) is 7. The van der Waals surface area contributed by atoms with Crippen molar-refractivity contribution in [3.05, 3.63) is 59.9 Å². The lowest BCUT2D eigenvalue weighted by atomic mass is 10.1. The van der Waals surface area contributed by atoms with E-state index in [2.05, 4.69) is 26.2 Å². The maximum atomic E-state index is 13.7. The number of rotatable bonds is 6. The Hall–Kier alpha value is -3.97. The van der Waals surface area contributed by atoms with Crippen molar-refractivity contribution in [3.8, 4) is 17.6 Å². The SMILES string of the molecule is COCc1nnc(N2CC(n3cc(C#N)c4cc(F)ccc43)C2)n1-c1ccc(OC)nc1. The number of hydrogen-bond donors (Lipinski definition) is 0. The molecule has 0 unspecified atom stereocenters. The molecule has 4 heterocycles. The van der Waals surface area contributed by atoms with E-state index in [-0.39, 0.29) is 11.9 Å². The van der Waals surface area contributed by atoms with E-state index in [1.807, 2.05) is 15.2 Å². The topological polar surface area (TPSA) is 94.0 Å². The molecular formula is C22H20FN7O2. The lowest BCUT2D eigenvalue weighted by molar-refractivity contribution is 0.176. The van der Waals surface area contributed by atoms with Gasteiger partial charge in [0.1, 0.15) is 18.5 Å². The predicted octanol–water partition coefficient (Wildman–Crippen LogP) is 2.84. The normalized spacial score (nSPS) is 13.9. The summed E-state index contributed by atoms with van der Waals surface area (Å²) in [7, 11) is 3.18. The highest BCUT2D eigenvalue weighted by molar-refractivity contribution is 5.86. The first-order valence-corrected chi connectivity index (χ1v) is 10.0. The van der Waals surface area contributed by atoms with Crippen molar-refractivity contribution in [2.24, 2.45) is 0 Å². The van der Waals surface area contributed by atoms with Crippen LogP contribution in [0.15, 0.2) is 42.7 Å². The maximum absolute atomic E-state index is 13.7. The fourth-order valence-corrected chi connectivity index (χ4v) is 4.04. The van der Waals surface area contributed by atoms with E-state index in [9.17, 15) is 9.65 Å². The van der Waals surface area contributed by atoms with Crippen LogP contribution in [0.25, 0.3) is 16.6 Å². The third-order valence-electron chi connectivity index (χ3n) is 5.63. The highest BCUT2D eigenvalue weighted by Crippen LogP contribution is 2.33. The summed E-state index contributed by atoms with van der Waals surface area (Å²) in [5.74, 6) is 1.51. The zero-order valence-electron chi connectivity index (χ0n) is 17.6. The molecule has 5 rings (SSSR count). The molecule has 1 aliphatic rings. The largest absolute Gasteiger partial charge is 0.481 e. The second kappa shape index (κ2) is 7.94. The van der Waals surface area contributed by atoms with Crippen LogP contribution in [0.2, 0.25) is 0 Å². The summed E-state index contributed by atoms with van der Waals surface area (Å²) in [5, 5.41) is 18.8. The molecular weight excluding hydrogens is 413 g/mol. The summed E-state index contributed by atoms with van der Waals surface area (Å²) >= 11 is 0. The zero-order valence-corrected chi connectivity index (χ0v) is 17.6. The van der Waals surface area contributed by atoms with Crippen molar-refractivity contribution >= 4 is 16.9 Å². The van der Waals surface area contributed by atoms with Crippen molar-refractivity contribution in [3.63, 3.8) is 0 Å². The first-order chi connectivity index (χ1) is 15.6. The highest BCUT2D eigenvalue weighted by atomic mass is 19.1. The molecule has 0 aliphatic carbocycles. The Bertz CT molecular complexity index is 1320. The van der Waals surface area contributed by atoms with Crippen molar-refractivity contribution < 1.29 is 13.9 Å². The van der Waals surface area contributed by atoms with Crippen LogP contribution in [0.4, 0.5) is 10.3 Å². The van der Waals surface area contributed by atoms with Gasteiger partial charge in [-0.1, -0.05) is 0 Å². The molecule has 10 heteroatoms. The number of anilines is 1. The smallest absolute Gasteiger partial charge is 0.232 e. The number of aromatic nitrogens is 5. The Morgan fingerprint density at radius 1 is 1.19 bits per heavy atom. The van der Waals surface area contributed by atoms with Gasteiger partial charge in [-0.05, 0) is 24.3 Å². The van der Waals surface area contributed by atoms with Crippen LogP contribution in [0, 0.1) is 17.1 Å². The summed E-state index contributed by atoms with van der Waals surface area (Å²) in [6.07, 6.45) is 3.50. The first-order valence-electron chi connectivity index (χ1n) is 10.0. The van der Waals surface area contributed by atoms with Crippen LogP contribution in [-0.4, -0.2) is 51.6 Å². The van der Waals surface area contributed by atoms with Gasteiger partial charge in [0.05, 0.1) is 30.6 Å². The third-order valence-corrected chi connectivity index (χ3v) is 5.63. The number of methoxy groups -OCH3 is 2. The quantitative estimate of drug-likeness (QED) is 0.462. The molecule has 1 aromatic carbocycles. The Morgan fingerprint density at radius 3 is 2.72 bits per heavy atom. The van der Waals surface area contributed by atoms with Crippen LogP contribution < -0.4 is 9.64 Å². The second-order valence-corrected chi connectivity index (χ2v) is 7.53. The lowest BCUT2D eigenvalue weighted by Crippen LogP contribution is -2.48. The van der Waals surface area contributed by atoms with Crippen molar-refractivity contribution in [2.75, 3.05) is 32.2 Å². The van der Waals surface area contributed by atoms with E-state index in [4.69, 9.17) is 9.47 Å². The van der Waals surface area contributed by atoms with E-state index >= 15 is 0 Å². The van der Waals surface area contributed by atoms with Gasteiger partial charge in [0.2, 0.25) is 11.8 Å². The van der Waals surface area contributed by atoms with E-state index in [0.29, 0.717) is 48.3 Å². The highest BCUT2D eigenvalue weighted by Gasteiger charge is 2.34. The third kappa shape index (κ3) is 3.23. The monoisotopic (exact) mass is 433 g/mol. The van der Waals surface area contributed by atoms with Gasteiger partial charge < -0.3 is 18.9 Å². The molecule has 0 amide bonds. The summed E-state index contributed by atoms with van der Waals surface area (Å²) in [5.41, 5.74) is 2.11. The van der Waals surface area contributed by atoms with Gasteiger partial charge in [-0.2, -0.15) is 5.26 Å². The fourth-order valence-electron chi connectivity index (χ4n) is 4.04. The van der Waals surface area contributed by atoms with Gasteiger partial charge in [0.15, 0.2) is 5.82 Å². The Labute approximate surface area is 183 Å². The molecule has 3 aromatic heterocycles. The van der Waals surface area contributed by atoms with Gasteiger partial charge in [0, 0.05) is 43.4 Å². The van der Waals surface area contributed by atoms with Gasteiger partial charge in [-0.3, -0.25) is 4.57 Å². The molecule has 1 saturated heterocycles. The second-order valence-electron chi connectivity index (χ2n) is 7.53. The zero-order chi connectivity index (χ0) is 22.2. The Balaban J connectivity index is 1.45. The molecule has 0 bridgehead atoms. The standard InChI is InChI=1S/C22H20FN7O2/c1-31-13-20-26-27-22(30(20)16-4-6-21(32-2)25-9-16)28-11-17(12-28)29-10-14(8-24)18-7-15(23)3-5-19(18)29/h3-7,9-10,17H,11-13H2,1-2H3. The number of pyridine rings is 1. The first kappa shape index (κ1) is 20.0. The summed E-state index contributed by atoms with van der Waals surface area (Å²) < 4.78 is 28.1. The number of ether oxygens (including phenoxy) is 2. The van der Waals surface area contributed by atoms with Crippen LogP contribution in [0.3, 0.4) is 0 Å². The van der Waals surface area contributed by atoms with Gasteiger partial charge in [-0.25, -0.2) is 9.37 Å². The molecule has 0 radical (unpaired) electrons. The van der Waals surface area contributed by atoms with Crippen molar-refractivity contribution in [1.29, 1.82) is 5.26 Å². The van der Waals surface area contributed by atoms with Gasteiger partial charge in [-0.15, -0.1) is 10.2 Å². The fraction of sp³-hybridized carbons (Fsp3) is 0.273. The van der Waals surface area contributed by atoms with Gasteiger partial charge in [0.25, 0.3) is 0 Å². The summed E-state index contributed by atoms with van der Waals surface area (Å²) in [4.78, 5) is 6.39. The number of nitriles is 1. The Kier molecular flexibility index (Phi) is 4.95. The van der Waals surface area contributed by atoms with Crippen molar-refractivity contribution in [2.45, 2.75) is 12.6 Å². The average molecular weight is 433 g/mol. The van der Waals surface area contributed by atoms with Gasteiger partial charge >= 0.3 is 0 Å². The number of halogens is 1. The molecule has 162 valence electrons. The van der Waals surface area contributed by atoms with E-state index in [1.54, 1.807) is 38.7 Å². The van der Waals surface area contributed by atoms with Crippen LogP contribution in [0.5, 0.6) is 5.88 Å². The van der Waals surface area contributed by atoms with Crippen molar-refractivity contribution in [1.82, 2.24) is 24.3 Å².